The van der Waals surface area contributed by atoms with Crippen LogP contribution >= 0.6 is 11.6 Å². The maximum atomic E-state index is 12.7. The molecule has 16 heavy (non-hydrogen) atoms. The lowest BCUT2D eigenvalue weighted by atomic mass is 10.1. The molecule has 0 aromatic heterocycles. The third-order valence-corrected chi connectivity index (χ3v) is 2.07. The van der Waals surface area contributed by atoms with Gasteiger partial charge in [-0.1, -0.05) is 17.7 Å². The summed E-state index contributed by atoms with van der Waals surface area (Å²) in [5.41, 5.74) is 0.264. The summed E-state index contributed by atoms with van der Waals surface area (Å²) < 4.78 is 48.2. The van der Waals surface area contributed by atoms with E-state index in [-0.39, 0.29) is 10.6 Å². The van der Waals surface area contributed by atoms with Crippen LogP contribution in [0, 0.1) is 5.82 Å². The Morgan fingerprint density at radius 2 is 1.94 bits per heavy atom. The Hall–Kier alpha value is -1.10. The second-order valence-corrected chi connectivity index (χ2v) is 3.66. The van der Waals surface area contributed by atoms with Crippen molar-refractivity contribution in [2.24, 2.45) is 0 Å². The number of hydrogen-bond acceptors (Lipinski definition) is 1. The van der Waals surface area contributed by atoms with Crippen molar-refractivity contribution >= 4 is 17.4 Å². The molecule has 1 aromatic carbocycles. The van der Waals surface area contributed by atoms with Crippen LogP contribution < -0.4 is 0 Å². The monoisotopic (exact) mass is 254 g/mol. The molecule has 0 aliphatic carbocycles. The average molecular weight is 255 g/mol. The summed E-state index contributed by atoms with van der Waals surface area (Å²) in [7, 11) is 0. The van der Waals surface area contributed by atoms with Crippen molar-refractivity contribution in [3.05, 3.63) is 34.6 Å². The highest BCUT2D eigenvalue weighted by Gasteiger charge is 2.30. The van der Waals surface area contributed by atoms with Crippen LogP contribution in [0.15, 0.2) is 18.2 Å². The largest absolute Gasteiger partial charge is 0.395 e. The van der Waals surface area contributed by atoms with Crippen molar-refractivity contribution < 1.29 is 22.4 Å². The molecule has 0 fully saturated rings. The third kappa shape index (κ3) is 4.18. The Morgan fingerprint density at radius 1 is 1.31 bits per heavy atom. The molecular formula is C10H7ClF4O. The normalized spacial score (nSPS) is 11.6. The van der Waals surface area contributed by atoms with E-state index < -0.39 is 30.6 Å². The Morgan fingerprint density at radius 3 is 2.44 bits per heavy atom. The minimum atomic E-state index is -4.51. The Labute approximate surface area is 94.0 Å². The zero-order valence-corrected chi connectivity index (χ0v) is 8.70. The minimum absolute atomic E-state index is 0.211. The quantitative estimate of drug-likeness (QED) is 0.754. The van der Waals surface area contributed by atoms with Gasteiger partial charge in [-0.2, -0.15) is 13.2 Å². The summed E-state index contributed by atoms with van der Waals surface area (Å²) in [6.45, 7) is 0. The maximum absolute atomic E-state index is 12.7. The van der Waals surface area contributed by atoms with Crippen LogP contribution in [-0.2, 0) is 11.2 Å². The van der Waals surface area contributed by atoms with Gasteiger partial charge in [0.1, 0.15) is 18.0 Å². The lowest BCUT2D eigenvalue weighted by Gasteiger charge is -2.05. The first kappa shape index (κ1) is 13.0. The average Bonchev–Trinajstić information content (AvgIpc) is 2.08. The standard InChI is InChI=1S/C10H7ClF4O/c11-8-4-6(1-2-9(8)12)3-7(16)5-10(13,14)15/h1-2,4H,3,5H2. The zero-order chi connectivity index (χ0) is 12.3. The number of halogens is 5. The van der Waals surface area contributed by atoms with Crippen LogP contribution in [0.5, 0.6) is 0 Å². The van der Waals surface area contributed by atoms with Gasteiger partial charge in [-0.3, -0.25) is 4.79 Å². The molecule has 0 aliphatic rings. The number of Topliss-reactive ketones (excluding diaryl/α,β-unsaturated/α-hetero) is 1. The number of rotatable bonds is 3. The van der Waals surface area contributed by atoms with Crippen LogP contribution in [0.25, 0.3) is 0 Å². The van der Waals surface area contributed by atoms with Crippen LogP contribution in [0.2, 0.25) is 5.02 Å². The van der Waals surface area contributed by atoms with Crippen molar-refractivity contribution in [2.75, 3.05) is 0 Å². The molecular weight excluding hydrogens is 248 g/mol. The van der Waals surface area contributed by atoms with Crippen LogP contribution in [0.1, 0.15) is 12.0 Å². The van der Waals surface area contributed by atoms with E-state index in [0.29, 0.717) is 0 Å². The minimum Gasteiger partial charge on any atom is -0.299 e. The first-order valence-corrected chi connectivity index (χ1v) is 4.68. The molecule has 0 bridgehead atoms. The molecule has 1 rings (SSSR count). The van der Waals surface area contributed by atoms with E-state index >= 15 is 0 Å². The first-order chi connectivity index (χ1) is 7.28. The third-order valence-electron chi connectivity index (χ3n) is 1.78. The lowest BCUT2D eigenvalue weighted by Crippen LogP contribution is -2.16. The molecule has 1 nitrogen and oxygen atoms in total. The summed E-state index contributed by atoms with van der Waals surface area (Å²) in [5, 5.41) is -0.211. The maximum Gasteiger partial charge on any atom is 0.395 e. The first-order valence-electron chi connectivity index (χ1n) is 4.30. The number of benzene rings is 1. The fourth-order valence-corrected chi connectivity index (χ4v) is 1.37. The SMILES string of the molecule is O=C(Cc1ccc(F)c(Cl)c1)CC(F)(F)F. The van der Waals surface area contributed by atoms with Crippen molar-refractivity contribution in [1.29, 1.82) is 0 Å². The summed E-state index contributed by atoms with van der Waals surface area (Å²) in [4.78, 5) is 11.0. The van der Waals surface area contributed by atoms with Crippen molar-refractivity contribution in [1.82, 2.24) is 0 Å². The summed E-state index contributed by atoms with van der Waals surface area (Å²) in [5.74, 6) is -1.65. The van der Waals surface area contributed by atoms with Crippen molar-refractivity contribution in [3.63, 3.8) is 0 Å². The zero-order valence-electron chi connectivity index (χ0n) is 7.94. The molecule has 6 heteroatoms. The van der Waals surface area contributed by atoms with Crippen molar-refractivity contribution in [2.45, 2.75) is 19.0 Å². The van der Waals surface area contributed by atoms with E-state index in [1.165, 1.54) is 6.07 Å². The molecule has 0 saturated carbocycles. The second kappa shape index (κ2) is 4.82. The Kier molecular flexibility index (Phi) is 3.91. The van der Waals surface area contributed by atoms with E-state index in [4.69, 9.17) is 11.6 Å². The fraction of sp³-hybridized carbons (Fsp3) is 0.300. The highest BCUT2D eigenvalue weighted by Crippen LogP contribution is 2.22. The van der Waals surface area contributed by atoms with Crippen LogP contribution in [0.4, 0.5) is 17.6 Å². The van der Waals surface area contributed by atoms with Gasteiger partial charge in [-0.05, 0) is 17.7 Å². The number of hydrogen-bond donors (Lipinski definition) is 0. The van der Waals surface area contributed by atoms with E-state index in [0.717, 1.165) is 12.1 Å². The summed E-state index contributed by atoms with van der Waals surface area (Å²) in [6.07, 6.45) is -6.40. The van der Waals surface area contributed by atoms with Gasteiger partial charge in [0.05, 0.1) is 5.02 Å². The number of carbonyl (C=O) groups excluding carboxylic acids is 1. The van der Waals surface area contributed by atoms with Crippen molar-refractivity contribution in [3.8, 4) is 0 Å². The summed E-state index contributed by atoms with van der Waals surface area (Å²) >= 11 is 5.42. The smallest absolute Gasteiger partial charge is 0.299 e. The van der Waals surface area contributed by atoms with E-state index in [1.807, 2.05) is 0 Å². The van der Waals surface area contributed by atoms with E-state index in [9.17, 15) is 22.4 Å². The van der Waals surface area contributed by atoms with Gasteiger partial charge in [-0.25, -0.2) is 4.39 Å². The van der Waals surface area contributed by atoms with Gasteiger partial charge in [0.15, 0.2) is 0 Å². The molecule has 88 valence electrons. The van der Waals surface area contributed by atoms with E-state index in [1.54, 1.807) is 0 Å². The molecule has 0 amide bonds. The van der Waals surface area contributed by atoms with Gasteiger partial charge in [0.2, 0.25) is 0 Å². The second-order valence-electron chi connectivity index (χ2n) is 3.26. The molecule has 0 saturated heterocycles. The molecule has 1 aromatic rings. The molecule has 0 N–H and O–H groups in total. The van der Waals surface area contributed by atoms with Gasteiger partial charge in [0.25, 0.3) is 0 Å². The molecule has 0 heterocycles. The number of alkyl halides is 3. The van der Waals surface area contributed by atoms with E-state index in [2.05, 4.69) is 0 Å². The number of carbonyl (C=O) groups is 1. The highest BCUT2D eigenvalue weighted by atomic mass is 35.5. The lowest BCUT2D eigenvalue weighted by molar-refractivity contribution is -0.151. The highest BCUT2D eigenvalue weighted by molar-refractivity contribution is 6.30. The van der Waals surface area contributed by atoms with Gasteiger partial charge in [0, 0.05) is 6.42 Å². The van der Waals surface area contributed by atoms with Gasteiger partial charge >= 0.3 is 6.18 Å². The topological polar surface area (TPSA) is 17.1 Å². The predicted molar refractivity (Wildman–Crippen MR) is 50.8 cm³/mol. The fourth-order valence-electron chi connectivity index (χ4n) is 1.16. The molecule has 0 spiro atoms. The van der Waals surface area contributed by atoms with Crippen LogP contribution in [0.3, 0.4) is 0 Å². The predicted octanol–water partition coefficient (Wildman–Crippen LogP) is 3.54. The molecule has 0 unspecified atom stereocenters. The Bertz CT molecular complexity index is 400. The number of ketones is 1. The summed E-state index contributed by atoms with van der Waals surface area (Å²) in [6, 6.07) is 3.39. The van der Waals surface area contributed by atoms with Crippen LogP contribution in [-0.4, -0.2) is 12.0 Å². The molecule has 0 atom stereocenters. The Balaban J connectivity index is 2.67. The van der Waals surface area contributed by atoms with Gasteiger partial charge in [-0.15, -0.1) is 0 Å². The molecule has 0 radical (unpaired) electrons. The van der Waals surface area contributed by atoms with Gasteiger partial charge < -0.3 is 0 Å². The molecule has 0 aliphatic heterocycles.